The third-order valence-electron chi connectivity index (χ3n) is 2.58. The van der Waals surface area contributed by atoms with Crippen molar-refractivity contribution in [1.82, 2.24) is 0 Å². The summed E-state index contributed by atoms with van der Waals surface area (Å²) in [6, 6.07) is 8.09. The molecule has 0 spiro atoms. The van der Waals surface area contributed by atoms with E-state index in [4.69, 9.17) is 4.74 Å². The third kappa shape index (κ3) is 3.95. The van der Waals surface area contributed by atoms with Crippen molar-refractivity contribution in [3.05, 3.63) is 35.4 Å². The van der Waals surface area contributed by atoms with Crippen molar-refractivity contribution in [2.75, 3.05) is 6.61 Å². The third-order valence-corrected chi connectivity index (χ3v) is 2.58. The molecule has 1 atom stereocenters. The molecule has 0 saturated carbocycles. The van der Waals surface area contributed by atoms with Gasteiger partial charge in [0.15, 0.2) is 0 Å². The smallest absolute Gasteiger partial charge is 0.102 e. The average molecular weight is 222 g/mol. The predicted molar refractivity (Wildman–Crippen MR) is 66.6 cm³/mol. The van der Waals surface area contributed by atoms with E-state index in [9.17, 15) is 5.11 Å². The van der Waals surface area contributed by atoms with Gasteiger partial charge in [0.1, 0.15) is 6.10 Å². The Morgan fingerprint density at radius 3 is 1.94 bits per heavy atom. The van der Waals surface area contributed by atoms with Crippen LogP contribution in [0.3, 0.4) is 0 Å². The minimum Gasteiger partial charge on any atom is -0.386 e. The molecule has 0 heterocycles. The van der Waals surface area contributed by atoms with E-state index < -0.39 is 6.10 Å². The zero-order valence-corrected chi connectivity index (χ0v) is 10.6. The molecule has 90 valence electrons. The molecular weight excluding hydrogens is 200 g/mol. The highest BCUT2D eigenvalue weighted by atomic mass is 16.5. The van der Waals surface area contributed by atoms with Crippen LogP contribution in [-0.4, -0.2) is 17.8 Å². The first-order chi connectivity index (χ1) is 7.50. The summed E-state index contributed by atoms with van der Waals surface area (Å²) in [5, 5.41) is 9.87. The highest BCUT2D eigenvalue weighted by molar-refractivity contribution is 5.26. The van der Waals surface area contributed by atoms with Crippen LogP contribution in [0, 0.1) is 0 Å². The summed E-state index contributed by atoms with van der Waals surface area (Å²) in [4.78, 5) is 0. The normalized spacial score (nSPS) is 13.4. The Kier molecular flexibility index (Phi) is 4.97. The summed E-state index contributed by atoms with van der Waals surface area (Å²) in [6.07, 6.45) is -0.367. The fourth-order valence-corrected chi connectivity index (χ4v) is 1.48. The Morgan fingerprint density at radius 1 is 1.00 bits per heavy atom. The molecule has 0 bridgehead atoms. The molecule has 1 N–H and O–H groups in total. The van der Waals surface area contributed by atoms with Gasteiger partial charge in [-0.2, -0.15) is 0 Å². The Bertz CT molecular complexity index is 301. The van der Waals surface area contributed by atoms with Crippen molar-refractivity contribution in [3.63, 3.8) is 0 Å². The van der Waals surface area contributed by atoms with Crippen LogP contribution in [0.25, 0.3) is 0 Å². The summed E-state index contributed by atoms with van der Waals surface area (Å²) in [5.74, 6) is 0.526. The number of aliphatic hydroxyl groups is 1. The van der Waals surface area contributed by atoms with E-state index in [1.54, 1.807) is 0 Å². The fourth-order valence-electron chi connectivity index (χ4n) is 1.48. The van der Waals surface area contributed by atoms with Crippen LogP contribution in [0.15, 0.2) is 24.3 Å². The SMILES string of the molecule is CC(C)OCC(O)c1ccc(C(C)C)cc1. The van der Waals surface area contributed by atoms with E-state index in [1.165, 1.54) is 5.56 Å². The lowest BCUT2D eigenvalue weighted by atomic mass is 10.0. The molecule has 0 saturated heterocycles. The molecule has 0 amide bonds. The van der Waals surface area contributed by atoms with E-state index in [0.717, 1.165) is 5.56 Å². The van der Waals surface area contributed by atoms with Crippen LogP contribution in [0.5, 0.6) is 0 Å². The Hall–Kier alpha value is -0.860. The van der Waals surface area contributed by atoms with Gasteiger partial charge in [0, 0.05) is 0 Å². The van der Waals surface area contributed by atoms with E-state index in [1.807, 2.05) is 26.0 Å². The molecule has 2 heteroatoms. The van der Waals surface area contributed by atoms with Crippen LogP contribution in [0.2, 0.25) is 0 Å². The Labute approximate surface area is 98.3 Å². The van der Waals surface area contributed by atoms with Crippen molar-refractivity contribution in [3.8, 4) is 0 Å². The number of ether oxygens (including phenoxy) is 1. The molecular formula is C14H22O2. The lowest BCUT2D eigenvalue weighted by Crippen LogP contribution is -2.11. The Morgan fingerprint density at radius 2 is 1.50 bits per heavy atom. The topological polar surface area (TPSA) is 29.5 Å². The van der Waals surface area contributed by atoms with Crippen molar-refractivity contribution in [2.45, 2.75) is 45.8 Å². The zero-order chi connectivity index (χ0) is 12.1. The molecule has 0 radical (unpaired) electrons. The lowest BCUT2D eigenvalue weighted by Gasteiger charge is -2.14. The number of aliphatic hydroxyl groups excluding tert-OH is 1. The van der Waals surface area contributed by atoms with Gasteiger partial charge in [-0.05, 0) is 30.9 Å². The van der Waals surface area contributed by atoms with Crippen molar-refractivity contribution in [2.24, 2.45) is 0 Å². The second-order valence-electron chi connectivity index (χ2n) is 4.72. The second kappa shape index (κ2) is 6.02. The summed E-state index contributed by atoms with van der Waals surface area (Å²) < 4.78 is 5.39. The van der Waals surface area contributed by atoms with Crippen molar-refractivity contribution in [1.29, 1.82) is 0 Å². The number of hydrogen-bond acceptors (Lipinski definition) is 2. The van der Waals surface area contributed by atoms with Gasteiger partial charge in [-0.15, -0.1) is 0 Å². The summed E-state index contributed by atoms with van der Waals surface area (Å²) in [5.41, 5.74) is 2.21. The standard InChI is InChI=1S/C14H22O2/c1-10(2)12-5-7-13(8-6-12)14(15)9-16-11(3)4/h5-8,10-11,14-15H,9H2,1-4H3. The molecule has 0 aliphatic heterocycles. The van der Waals surface area contributed by atoms with E-state index in [2.05, 4.69) is 26.0 Å². The van der Waals surface area contributed by atoms with Gasteiger partial charge in [-0.25, -0.2) is 0 Å². The quantitative estimate of drug-likeness (QED) is 0.828. The molecule has 16 heavy (non-hydrogen) atoms. The fraction of sp³-hybridized carbons (Fsp3) is 0.571. The molecule has 0 aliphatic rings. The van der Waals surface area contributed by atoms with Gasteiger partial charge in [0.05, 0.1) is 12.7 Å². The van der Waals surface area contributed by atoms with Crippen LogP contribution >= 0.6 is 0 Å². The van der Waals surface area contributed by atoms with E-state index in [0.29, 0.717) is 12.5 Å². The maximum Gasteiger partial charge on any atom is 0.102 e. The first-order valence-electron chi connectivity index (χ1n) is 5.90. The minimum absolute atomic E-state index is 0.157. The predicted octanol–water partition coefficient (Wildman–Crippen LogP) is 3.27. The van der Waals surface area contributed by atoms with Crippen LogP contribution in [0.1, 0.15) is 50.8 Å². The van der Waals surface area contributed by atoms with E-state index in [-0.39, 0.29) is 6.10 Å². The highest BCUT2D eigenvalue weighted by Gasteiger charge is 2.09. The molecule has 1 aromatic carbocycles. The average Bonchev–Trinajstić information content (AvgIpc) is 2.26. The van der Waals surface area contributed by atoms with Crippen molar-refractivity contribution < 1.29 is 9.84 Å². The van der Waals surface area contributed by atoms with Gasteiger partial charge < -0.3 is 9.84 Å². The van der Waals surface area contributed by atoms with Crippen LogP contribution < -0.4 is 0 Å². The molecule has 2 nitrogen and oxygen atoms in total. The molecule has 1 aromatic rings. The second-order valence-corrected chi connectivity index (χ2v) is 4.72. The van der Waals surface area contributed by atoms with Crippen LogP contribution in [0.4, 0.5) is 0 Å². The number of hydrogen-bond donors (Lipinski definition) is 1. The van der Waals surface area contributed by atoms with Gasteiger partial charge in [0.2, 0.25) is 0 Å². The first kappa shape index (κ1) is 13.2. The molecule has 1 unspecified atom stereocenters. The summed E-state index contributed by atoms with van der Waals surface area (Å²) >= 11 is 0. The maximum absolute atomic E-state index is 9.87. The number of rotatable bonds is 5. The van der Waals surface area contributed by atoms with Gasteiger partial charge in [-0.1, -0.05) is 38.1 Å². The zero-order valence-electron chi connectivity index (χ0n) is 10.6. The summed E-state index contributed by atoms with van der Waals surface area (Å²) in [7, 11) is 0. The van der Waals surface area contributed by atoms with Crippen molar-refractivity contribution >= 4 is 0 Å². The highest BCUT2D eigenvalue weighted by Crippen LogP contribution is 2.19. The minimum atomic E-state index is -0.524. The monoisotopic (exact) mass is 222 g/mol. The molecule has 0 aliphatic carbocycles. The van der Waals surface area contributed by atoms with Crippen LogP contribution in [-0.2, 0) is 4.74 Å². The largest absolute Gasteiger partial charge is 0.386 e. The van der Waals surface area contributed by atoms with E-state index >= 15 is 0 Å². The lowest BCUT2D eigenvalue weighted by molar-refractivity contribution is 0.00492. The molecule has 1 rings (SSSR count). The number of benzene rings is 1. The van der Waals surface area contributed by atoms with Gasteiger partial charge in [0.25, 0.3) is 0 Å². The Balaban J connectivity index is 2.59. The molecule has 0 aromatic heterocycles. The maximum atomic E-state index is 9.87. The summed E-state index contributed by atoms with van der Waals surface area (Å²) in [6.45, 7) is 8.61. The molecule has 0 fully saturated rings. The van der Waals surface area contributed by atoms with Gasteiger partial charge >= 0.3 is 0 Å². The van der Waals surface area contributed by atoms with Gasteiger partial charge in [-0.3, -0.25) is 0 Å². The first-order valence-corrected chi connectivity index (χ1v) is 5.90.